The standard InChI is InChI=1S/C19H18ClFN2O4/c20-15-10-13(11-16-18(15)27-8-7-26-16)19(25)23-6-5-22-17(24)9-12-1-3-14(21)4-2-12/h1-4,10-11H,5-9H2,(H,22,24)(H,23,25). The fourth-order valence-corrected chi connectivity index (χ4v) is 2.84. The van der Waals surface area contributed by atoms with Crippen LogP contribution in [-0.2, 0) is 11.2 Å². The average Bonchev–Trinajstić information content (AvgIpc) is 2.67. The number of halogens is 2. The predicted octanol–water partition coefficient (Wildman–Crippen LogP) is 2.34. The minimum atomic E-state index is -0.346. The van der Waals surface area contributed by atoms with Crippen molar-refractivity contribution in [2.45, 2.75) is 6.42 Å². The molecule has 0 spiro atoms. The van der Waals surface area contributed by atoms with E-state index in [4.69, 9.17) is 21.1 Å². The SMILES string of the molecule is O=C(Cc1ccc(F)cc1)NCCNC(=O)c1cc(Cl)c2c(c1)OCCO2. The van der Waals surface area contributed by atoms with Crippen LogP contribution < -0.4 is 20.1 Å². The van der Waals surface area contributed by atoms with Crippen LogP contribution in [0.5, 0.6) is 11.5 Å². The van der Waals surface area contributed by atoms with Crippen LogP contribution in [-0.4, -0.2) is 38.1 Å². The molecule has 0 unspecified atom stereocenters. The van der Waals surface area contributed by atoms with Crippen molar-refractivity contribution >= 4 is 23.4 Å². The van der Waals surface area contributed by atoms with Gasteiger partial charge < -0.3 is 20.1 Å². The molecule has 3 rings (SSSR count). The molecule has 0 radical (unpaired) electrons. The van der Waals surface area contributed by atoms with E-state index in [9.17, 15) is 14.0 Å². The zero-order chi connectivity index (χ0) is 19.2. The molecule has 0 aromatic heterocycles. The van der Waals surface area contributed by atoms with Gasteiger partial charge in [0.2, 0.25) is 5.91 Å². The number of hydrogen-bond acceptors (Lipinski definition) is 4. The highest BCUT2D eigenvalue weighted by molar-refractivity contribution is 6.32. The Balaban J connectivity index is 1.45. The summed E-state index contributed by atoms with van der Waals surface area (Å²) >= 11 is 6.12. The molecule has 1 aliphatic rings. The van der Waals surface area contributed by atoms with Crippen molar-refractivity contribution in [1.29, 1.82) is 0 Å². The van der Waals surface area contributed by atoms with Crippen LogP contribution >= 0.6 is 11.6 Å². The molecule has 0 saturated carbocycles. The Labute approximate surface area is 160 Å². The van der Waals surface area contributed by atoms with Crippen molar-refractivity contribution in [2.24, 2.45) is 0 Å². The van der Waals surface area contributed by atoms with Crippen LogP contribution in [0, 0.1) is 5.82 Å². The Hall–Kier alpha value is -2.80. The zero-order valence-electron chi connectivity index (χ0n) is 14.4. The van der Waals surface area contributed by atoms with Gasteiger partial charge in [-0.25, -0.2) is 4.39 Å². The maximum absolute atomic E-state index is 12.8. The second-order valence-corrected chi connectivity index (χ2v) is 6.30. The number of nitrogens with one attached hydrogen (secondary N) is 2. The van der Waals surface area contributed by atoms with E-state index < -0.39 is 0 Å². The van der Waals surface area contributed by atoms with Crippen molar-refractivity contribution < 1.29 is 23.5 Å². The Kier molecular flexibility index (Phi) is 6.13. The van der Waals surface area contributed by atoms with Gasteiger partial charge in [-0.3, -0.25) is 9.59 Å². The summed E-state index contributed by atoms with van der Waals surface area (Å²) in [6.07, 6.45) is 0.145. The molecule has 6 nitrogen and oxygen atoms in total. The van der Waals surface area contributed by atoms with Gasteiger partial charge in [0.25, 0.3) is 5.91 Å². The van der Waals surface area contributed by atoms with Gasteiger partial charge in [0, 0.05) is 18.7 Å². The molecule has 2 aromatic carbocycles. The van der Waals surface area contributed by atoms with E-state index in [0.717, 1.165) is 0 Å². The van der Waals surface area contributed by atoms with E-state index in [-0.39, 0.29) is 37.1 Å². The first-order valence-corrected chi connectivity index (χ1v) is 8.79. The minimum Gasteiger partial charge on any atom is -0.486 e. The highest BCUT2D eigenvalue weighted by atomic mass is 35.5. The quantitative estimate of drug-likeness (QED) is 0.740. The highest BCUT2D eigenvalue weighted by Gasteiger charge is 2.19. The van der Waals surface area contributed by atoms with Crippen molar-refractivity contribution in [1.82, 2.24) is 10.6 Å². The maximum atomic E-state index is 12.8. The largest absolute Gasteiger partial charge is 0.486 e. The summed E-state index contributed by atoms with van der Waals surface area (Å²) in [6, 6.07) is 8.81. The molecule has 2 amide bonds. The fourth-order valence-electron chi connectivity index (χ4n) is 2.57. The van der Waals surface area contributed by atoms with E-state index in [1.807, 2.05) is 0 Å². The molecule has 0 fully saturated rings. The van der Waals surface area contributed by atoms with E-state index >= 15 is 0 Å². The number of amides is 2. The number of hydrogen-bond donors (Lipinski definition) is 2. The lowest BCUT2D eigenvalue weighted by Crippen LogP contribution is -2.35. The molecule has 142 valence electrons. The van der Waals surface area contributed by atoms with Crippen molar-refractivity contribution in [3.63, 3.8) is 0 Å². The monoisotopic (exact) mass is 392 g/mol. The van der Waals surface area contributed by atoms with Crippen LogP contribution in [0.1, 0.15) is 15.9 Å². The van der Waals surface area contributed by atoms with Gasteiger partial charge in [-0.2, -0.15) is 0 Å². The lowest BCUT2D eigenvalue weighted by atomic mass is 10.1. The summed E-state index contributed by atoms with van der Waals surface area (Å²) in [5, 5.41) is 5.71. The lowest BCUT2D eigenvalue weighted by molar-refractivity contribution is -0.120. The summed E-state index contributed by atoms with van der Waals surface area (Å²) in [4.78, 5) is 24.1. The van der Waals surface area contributed by atoms with Crippen molar-refractivity contribution in [3.8, 4) is 11.5 Å². The Morgan fingerprint density at radius 2 is 1.74 bits per heavy atom. The molecule has 1 aliphatic heterocycles. The number of carbonyl (C=O) groups excluding carboxylic acids is 2. The van der Waals surface area contributed by atoms with E-state index in [2.05, 4.69) is 10.6 Å². The Bertz CT molecular complexity index is 842. The summed E-state index contributed by atoms with van der Waals surface area (Å²) < 4.78 is 23.7. The van der Waals surface area contributed by atoms with E-state index in [1.54, 1.807) is 18.2 Å². The summed E-state index contributed by atoms with van der Waals surface area (Å²) in [7, 11) is 0. The first kappa shape index (κ1) is 19.0. The van der Waals surface area contributed by atoms with Crippen LogP contribution in [0.2, 0.25) is 5.02 Å². The molecule has 0 saturated heterocycles. The molecule has 8 heteroatoms. The first-order chi connectivity index (χ1) is 13.0. The third kappa shape index (κ3) is 5.10. The van der Waals surface area contributed by atoms with Gasteiger partial charge in [-0.15, -0.1) is 0 Å². The van der Waals surface area contributed by atoms with Gasteiger partial charge in [0.05, 0.1) is 11.4 Å². The third-order valence-electron chi connectivity index (χ3n) is 3.87. The molecule has 1 heterocycles. The molecule has 2 aromatic rings. The topological polar surface area (TPSA) is 76.7 Å². The summed E-state index contributed by atoms with van der Waals surface area (Å²) in [5.74, 6) is -0.0139. The van der Waals surface area contributed by atoms with Crippen molar-refractivity contribution in [3.05, 3.63) is 58.4 Å². The summed E-state index contributed by atoms with van der Waals surface area (Å²) in [5.41, 5.74) is 1.06. The van der Waals surface area contributed by atoms with E-state index in [0.29, 0.717) is 40.9 Å². The predicted molar refractivity (Wildman–Crippen MR) is 97.9 cm³/mol. The maximum Gasteiger partial charge on any atom is 0.251 e. The van der Waals surface area contributed by atoms with Crippen LogP contribution in [0.4, 0.5) is 4.39 Å². The van der Waals surface area contributed by atoms with Crippen LogP contribution in [0.25, 0.3) is 0 Å². The Morgan fingerprint density at radius 3 is 2.52 bits per heavy atom. The van der Waals surface area contributed by atoms with E-state index in [1.165, 1.54) is 18.2 Å². The van der Waals surface area contributed by atoms with Gasteiger partial charge in [0.15, 0.2) is 11.5 Å². The summed E-state index contributed by atoms with van der Waals surface area (Å²) in [6.45, 7) is 1.33. The molecule has 2 N–H and O–H groups in total. The number of rotatable bonds is 6. The Morgan fingerprint density at radius 1 is 1.04 bits per heavy atom. The van der Waals surface area contributed by atoms with Gasteiger partial charge in [-0.05, 0) is 29.8 Å². The minimum absolute atomic E-state index is 0.145. The molecule has 27 heavy (non-hydrogen) atoms. The molecule has 0 atom stereocenters. The number of ether oxygens (including phenoxy) is 2. The van der Waals surface area contributed by atoms with Gasteiger partial charge in [-0.1, -0.05) is 23.7 Å². The zero-order valence-corrected chi connectivity index (χ0v) is 15.1. The molecule has 0 aliphatic carbocycles. The second kappa shape index (κ2) is 8.73. The molecule has 0 bridgehead atoms. The fraction of sp³-hybridized carbons (Fsp3) is 0.263. The van der Waals surface area contributed by atoms with Crippen LogP contribution in [0.3, 0.4) is 0 Å². The second-order valence-electron chi connectivity index (χ2n) is 5.89. The van der Waals surface area contributed by atoms with Crippen LogP contribution in [0.15, 0.2) is 36.4 Å². The normalized spacial score (nSPS) is 12.4. The lowest BCUT2D eigenvalue weighted by Gasteiger charge is -2.20. The van der Waals surface area contributed by atoms with Gasteiger partial charge in [0.1, 0.15) is 19.0 Å². The number of carbonyl (C=O) groups is 2. The van der Waals surface area contributed by atoms with Crippen molar-refractivity contribution in [2.75, 3.05) is 26.3 Å². The molecular formula is C19H18ClFN2O4. The third-order valence-corrected chi connectivity index (χ3v) is 4.15. The molecular weight excluding hydrogens is 375 g/mol. The first-order valence-electron chi connectivity index (χ1n) is 8.41. The number of benzene rings is 2. The average molecular weight is 393 g/mol. The number of fused-ring (bicyclic) bond motifs is 1. The highest BCUT2D eigenvalue weighted by Crippen LogP contribution is 2.38. The smallest absolute Gasteiger partial charge is 0.251 e. The van der Waals surface area contributed by atoms with Gasteiger partial charge >= 0.3 is 0 Å².